The maximum atomic E-state index is 14.0. The van der Waals surface area contributed by atoms with Crippen LogP contribution < -0.4 is 10.1 Å². The van der Waals surface area contributed by atoms with Crippen molar-refractivity contribution in [2.75, 3.05) is 19.7 Å². The number of hydrogen-bond acceptors (Lipinski definition) is 2. The highest BCUT2D eigenvalue weighted by Gasteiger charge is 2.34. The number of hydrogen-bond donors (Lipinski definition) is 1. The summed E-state index contributed by atoms with van der Waals surface area (Å²) in [6, 6.07) is 5.79. The third kappa shape index (κ3) is 2.74. The van der Waals surface area contributed by atoms with Gasteiger partial charge in [-0.15, -0.1) is 0 Å². The zero-order valence-electron chi connectivity index (χ0n) is 9.22. The fourth-order valence-corrected chi connectivity index (χ4v) is 2.37. The maximum Gasteiger partial charge on any atom is 0.158 e. The third-order valence-electron chi connectivity index (χ3n) is 2.77. The van der Waals surface area contributed by atoms with E-state index in [0.717, 1.165) is 16.6 Å². The molecule has 0 bridgehead atoms. The van der Waals surface area contributed by atoms with E-state index in [4.69, 9.17) is 4.74 Å². The zero-order valence-corrected chi connectivity index (χ0v) is 10.8. The second-order valence-electron chi connectivity index (χ2n) is 4.30. The van der Waals surface area contributed by atoms with Crippen molar-refractivity contribution in [1.29, 1.82) is 0 Å². The van der Waals surface area contributed by atoms with Crippen LogP contribution in [0, 0.1) is 6.92 Å². The minimum absolute atomic E-state index is 0.113. The van der Waals surface area contributed by atoms with Gasteiger partial charge in [-0.1, -0.05) is 6.07 Å². The monoisotopic (exact) mass is 287 g/mol. The van der Waals surface area contributed by atoms with E-state index in [9.17, 15) is 4.39 Å². The van der Waals surface area contributed by atoms with E-state index in [1.807, 2.05) is 25.1 Å². The molecule has 16 heavy (non-hydrogen) atoms. The molecule has 1 fully saturated rings. The van der Waals surface area contributed by atoms with Crippen LogP contribution in [0.2, 0.25) is 0 Å². The van der Waals surface area contributed by atoms with Gasteiger partial charge in [0.15, 0.2) is 5.67 Å². The SMILES string of the molecule is Cc1ccc(OCC2(F)CCNC2)c(Br)c1. The van der Waals surface area contributed by atoms with Gasteiger partial charge < -0.3 is 10.1 Å². The molecular formula is C12H15BrFNO. The normalized spacial score (nSPS) is 24.7. The average molecular weight is 288 g/mol. The summed E-state index contributed by atoms with van der Waals surface area (Å²) in [7, 11) is 0. The van der Waals surface area contributed by atoms with Crippen LogP contribution in [-0.4, -0.2) is 25.4 Å². The van der Waals surface area contributed by atoms with Crippen molar-refractivity contribution in [2.24, 2.45) is 0 Å². The maximum absolute atomic E-state index is 14.0. The minimum Gasteiger partial charge on any atom is -0.489 e. The van der Waals surface area contributed by atoms with Crippen LogP contribution in [0.3, 0.4) is 0 Å². The number of ether oxygens (including phenoxy) is 1. The minimum atomic E-state index is -1.22. The van der Waals surface area contributed by atoms with Gasteiger partial charge in [0.2, 0.25) is 0 Å². The van der Waals surface area contributed by atoms with Gasteiger partial charge in [0.1, 0.15) is 12.4 Å². The molecule has 2 rings (SSSR count). The summed E-state index contributed by atoms with van der Waals surface area (Å²) in [5, 5.41) is 3.01. The van der Waals surface area contributed by atoms with Crippen molar-refractivity contribution in [3.05, 3.63) is 28.2 Å². The lowest BCUT2D eigenvalue weighted by Gasteiger charge is -2.19. The van der Waals surface area contributed by atoms with Crippen LogP contribution >= 0.6 is 15.9 Å². The molecule has 0 radical (unpaired) electrons. The van der Waals surface area contributed by atoms with Crippen molar-refractivity contribution < 1.29 is 9.13 Å². The van der Waals surface area contributed by atoms with Crippen LogP contribution in [-0.2, 0) is 0 Å². The fraction of sp³-hybridized carbons (Fsp3) is 0.500. The summed E-state index contributed by atoms with van der Waals surface area (Å²) in [5.74, 6) is 0.703. The first-order valence-corrected chi connectivity index (χ1v) is 6.17. The molecule has 1 atom stereocenters. The first kappa shape index (κ1) is 11.9. The molecule has 1 aliphatic rings. The molecule has 1 aromatic rings. The van der Waals surface area contributed by atoms with Gasteiger partial charge in [-0.25, -0.2) is 4.39 Å². The van der Waals surface area contributed by atoms with Gasteiger partial charge in [-0.2, -0.15) is 0 Å². The van der Waals surface area contributed by atoms with Gasteiger partial charge in [0.05, 0.1) is 4.47 Å². The lowest BCUT2D eigenvalue weighted by Crippen LogP contribution is -2.33. The molecule has 1 saturated heterocycles. The summed E-state index contributed by atoms with van der Waals surface area (Å²) in [6.45, 7) is 3.24. The highest BCUT2D eigenvalue weighted by atomic mass is 79.9. The number of alkyl halides is 1. The Kier molecular flexibility index (Phi) is 3.50. The molecule has 0 amide bonds. The second kappa shape index (κ2) is 4.72. The summed E-state index contributed by atoms with van der Waals surface area (Å²) < 4.78 is 20.4. The molecule has 1 aromatic carbocycles. The first-order chi connectivity index (χ1) is 7.59. The van der Waals surface area contributed by atoms with Gasteiger partial charge in [0, 0.05) is 6.54 Å². The molecule has 0 saturated carbocycles. The quantitative estimate of drug-likeness (QED) is 0.923. The van der Waals surface area contributed by atoms with E-state index in [0.29, 0.717) is 18.7 Å². The molecular weight excluding hydrogens is 273 g/mol. The summed E-state index contributed by atoms with van der Waals surface area (Å²) >= 11 is 3.41. The molecule has 88 valence electrons. The molecule has 1 aliphatic heterocycles. The van der Waals surface area contributed by atoms with E-state index < -0.39 is 5.67 Å². The highest BCUT2D eigenvalue weighted by molar-refractivity contribution is 9.10. The zero-order chi connectivity index (χ0) is 11.6. The Morgan fingerprint density at radius 1 is 1.56 bits per heavy atom. The Morgan fingerprint density at radius 2 is 2.38 bits per heavy atom. The second-order valence-corrected chi connectivity index (χ2v) is 5.15. The summed E-state index contributed by atoms with van der Waals surface area (Å²) in [4.78, 5) is 0. The number of aryl methyl sites for hydroxylation is 1. The molecule has 0 spiro atoms. The smallest absolute Gasteiger partial charge is 0.158 e. The van der Waals surface area contributed by atoms with Gasteiger partial charge in [-0.3, -0.25) is 0 Å². The van der Waals surface area contributed by atoms with Crippen molar-refractivity contribution in [3.8, 4) is 5.75 Å². The lowest BCUT2D eigenvalue weighted by atomic mass is 10.1. The van der Waals surface area contributed by atoms with E-state index in [-0.39, 0.29) is 6.61 Å². The predicted molar refractivity (Wildman–Crippen MR) is 65.7 cm³/mol. The van der Waals surface area contributed by atoms with Crippen LogP contribution in [0.25, 0.3) is 0 Å². The fourth-order valence-electron chi connectivity index (χ4n) is 1.77. The average Bonchev–Trinajstić information content (AvgIpc) is 2.64. The van der Waals surface area contributed by atoms with E-state index in [1.54, 1.807) is 0 Å². The molecule has 0 aromatic heterocycles. The molecule has 0 aliphatic carbocycles. The molecule has 1 unspecified atom stereocenters. The summed E-state index contributed by atoms with van der Waals surface area (Å²) in [6.07, 6.45) is 0.524. The van der Waals surface area contributed by atoms with Crippen LogP contribution in [0.5, 0.6) is 5.75 Å². The van der Waals surface area contributed by atoms with Crippen LogP contribution in [0.1, 0.15) is 12.0 Å². The third-order valence-corrected chi connectivity index (χ3v) is 3.39. The van der Waals surface area contributed by atoms with Gasteiger partial charge in [-0.05, 0) is 53.5 Å². The molecule has 1 N–H and O–H groups in total. The standard InChI is InChI=1S/C12H15BrFNO/c1-9-2-3-11(10(13)6-9)16-8-12(14)4-5-15-7-12/h2-3,6,15H,4-5,7-8H2,1H3. The van der Waals surface area contributed by atoms with Gasteiger partial charge >= 0.3 is 0 Å². The van der Waals surface area contributed by atoms with Crippen LogP contribution in [0.4, 0.5) is 4.39 Å². The van der Waals surface area contributed by atoms with E-state index in [1.165, 1.54) is 0 Å². The van der Waals surface area contributed by atoms with Crippen molar-refractivity contribution >= 4 is 15.9 Å². The van der Waals surface area contributed by atoms with Gasteiger partial charge in [0.25, 0.3) is 0 Å². The Bertz CT molecular complexity index is 377. The molecule has 4 heteroatoms. The first-order valence-electron chi connectivity index (χ1n) is 5.38. The van der Waals surface area contributed by atoms with Crippen molar-refractivity contribution in [1.82, 2.24) is 5.32 Å². The summed E-state index contributed by atoms with van der Waals surface area (Å²) in [5.41, 5.74) is -0.0682. The molecule has 1 heterocycles. The Hall–Kier alpha value is -0.610. The predicted octanol–water partition coefficient (Wildman–Crippen LogP) is 2.84. The van der Waals surface area contributed by atoms with E-state index in [2.05, 4.69) is 21.2 Å². The Balaban J connectivity index is 1.99. The topological polar surface area (TPSA) is 21.3 Å². The Morgan fingerprint density at radius 3 is 3.00 bits per heavy atom. The van der Waals surface area contributed by atoms with Crippen LogP contribution in [0.15, 0.2) is 22.7 Å². The largest absolute Gasteiger partial charge is 0.489 e. The number of benzene rings is 1. The highest BCUT2D eigenvalue weighted by Crippen LogP contribution is 2.28. The lowest BCUT2D eigenvalue weighted by molar-refractivity contribution is 0.103. The Labute approximate surface area is 103 Å². The number of nitrogens with one attached hydrogen (secondary N) is 1. The number of halogens is 2. The van der Waals surface area contributed by atoms with E-state index >= 15 is 0 Å². The van der Waals surface area contributed by atoms with Crippen molar-refractivity contribution in [3.63, 3.8) is 0 Å². The number of rotatable bonds is 3. The van der Waals surface area contributed by atoms with Crippen molar-refractivity contribution in [2.45, 2.75) is 19.0 Å². The molecule has 2 nitrogen and oxygen atoms in total.